The van der Waals surface area contributed by atoms with E-state index in [0.29, 0.717) is 10.0 Å². The van der Waals surface area contributed by atoms with Crippen LogP contribution in [0.2, 0.25) is 10.0 Å². The van der Waals surface area contributed by atoms with E-state index >= 15 is 0 Å². The summed E-state index contributed by atoms with van der Waals surface area (Å²) in [6, 6.07) is 12.4. The third-order valence-corrected chi connectivity index (χ3v) is 5.47. The zero-order chi connectivity index (χ0) is 15.5. The van der Waals surface area contributed by atoms with Gasteiger partial charge in [-0.15, -0.1) is 0 Å². The standard InChI is InChI=1S/C18H17Cl2NS/c1-12-2-5-18(15(10-12)13-6-8-21-9-7-13)22-14-3-4-16(19)17(20)11-14/h2-6,10-11,21H,7-9H2,1H3. The van der Waals surface area contributed by atoms with E-state index in [-0.39, 0.29) is 0 Å². The van der Waals surface area contributed by atoms with E-state index < -0.39 is 0 Å². The molecule has 22 heavy (non-hydrogen) atoms. The van der Waals surface area contributed by atoms with Gasteiger partial charge in [0.1, 0.15) is 0 Å². The van der Waals surface area contributed by atoms with Gasteiger partial charge in [0.05, 0.1) is 10.0 Å². The highest BCUT2D eigenvalue weighted by Gasteiger charge is 2.12. The van der Waals surface area contributed by atoms with Gasteiger partial charge in [-0.2, -0.15) is 0 Å². The minimum Gasteiger partial charge on any atom is -0.313 e. The molecule has 1 heterocycles. The highest BCUT2D eigenvalue weighted by atomic mass is 35.5. The fraction of sp³-hybridized carbons (Fsp3) is 0.222. The Kier molecular flexibility index (Phi) is 5.14. The first-order valence-corrected chi connectivity index (χ1v) is 8.84. The third kappa shape index (κ3) is 3.69. The van der Waals surface area contributed by atoms with E-state index in [1.165, 1.54) is 21.6 Å². The summed E-state index contributed by atoms with van der Waals surface area (Å²) in [7, 11) is 0. The Labute approximate surface area is 145 Å². The van der Waals surface area contributed by atoms with Crippen molar-refractivity contribution < 1.29 is 0 Å². The third-order valence-electron chi connectivity index (χ3n) is 3.66. The molecule has 0 atom stereocenters. The molecule has 2 aromatic carbocycles. The molecule has 114 valence electrons. The van der Waals surface area contributed by atoms with Crippen LogP contribution >= 0.6 is 35.0 Å². The van der Waals surface area contributed by atoms with Crippen molar-refractivity contribution in [3.8, 4) is 0 Å². The van der Waals surface area contributed by atoms with Crippen LogP contribution in [0.15, 0.2) is 52.3 Å². The maximum Gasteiger partial charge on any atom is 0.0603 e. The van der Waals surface area contributed by atoms with Gasteiger partial charge in [0.25, 0.3) is 0 Å². The second-order valence-corrected chi connectivity index (χ2v) is 7.29. The number of halogens is 2. The molecule has 0 saturated heterocycles. The van der Waals surface area contributed by atoms with Crippen molar-refractivity contribution in [3.05, 3.63) is 63.6 Å². The van der Waals surface area contributed by atoms with E-state index in [1.54, 1.807) is 11.8 Å². The van der Waals surface area contributed by atoms with Crippen LogP contribution in [0.3, 0.4) is 0 Å². The molecule has 0 amide bonds. The van der Waals surface area contributed by atoms with E-state index in [2.05, 4.69) is 36.5 Å². The summed E-state index contributed by atoms with van der Waals surface area (Å²) in [4.78, 5) is 2.37. The molecule has 0 fully saturated rings. The molecule has 0 spiro atoms. The van der Waals surface area contributed by atoms with Gasteiger partial charge in [0, 0.05) is 16.3 Å². The van der Waals surface area contributed by atoms with Crippen molar-refractivity contribution in [3.63, 3.8) is 0 Å². The molecule has 2 aromatic rings. The summed E-state index contributed by atoms with van der Waals surface area (Å²) < 4.78 is 0. The van der Waals surface area contributed by atoms with Gasteiger partial charge >= 0.3 is 0 Å². The number of hydrogen-bond acceptors (Lipinski definition) is 2. The van der Waals surface area contributed by atoms with Crippen molar-refractivity contribution in [2.45, 2.75) is 23.1 Å². The molecule has 0 unspecified atom stereocenters. The molecule has 0 aromatic heterocycles. The van der Waals surface area contributed by atoms with Crippen LogP contribution in [0.25, 0.3) is 5.57 Å². The lowest BCUT2D eigenvalue weighted by atomic mass is 9.99. The molecule has 1 aliphatic rings. The molecule has 0 bridgehead atoms. The molecule has 0 aliphatic carbocycles. The Morgan fingerprint density at radius 1 is 1.05 bits per heavy atom. The summed E-state index contributed by atoms with van der Waals surface area (Å²) in [6.07, 6.45) is 3.36. The lowest BCUT2D eigenvalue weighted by Crippen LogP contribution is -2.20. The summed E-state index contributed by atoms with van der Waals surface area (Å²) in [5.41, 5.74) is 4.04. The molecular weight excluding hydrogens is 333 g/mol. The Bertz CT molecular complexity index is 725. The van der Waals surface area contributed by atoms with Gasteiger partial charge in [0.2, 0.25) is 0 Å². The Balaban J connectivity index is 1.96. The molecule has 1 nitrogen and oxygen atoms in total. The minimum atomic E-state index is 0.594. The van der Waals surface area contributed by atoms with E-state index in [9.17, 15) is 0 Å². The lowest BCUT2D eigenvalue weighted by molar-refractivity contribution is 0.737. The van der Waals surface area contributed by atoms with Crippen LogP contribution in [-0.2, 0) is 0 Å². The van der Waals surface area contributed by atoms with Crippen molar-refractivity contribution in [2.75, 3.05) is 13.1 Å². The summed E-state index contributed by atoms with van der Waals surface area (Å²) in [6.45, 7) is 4.12. The monoisotopic (exact) mass is 349 g/mol. The largest absolute Gasteiger partial charge is 0.313 e. The molecular formula is C18H17Cl2NS. The van der Waals surface area contributed by atoms with Crippen LogP contribution in [0.1, 0.15) is 17.5 Å². The minimum absolute atomic E-state index is 0.594. The highest BCUT2D eigenvalue weighted by Crippen LogP contribution is 2.37. The zero-order valence-electron chi connectivity index (χ0n) is 12.3. The van der Waals surface area contributed by atoms with E-state index in [1.807, 2.05) is 18.2 Å². The number of rotatable bonds is 3. The SMILES string of the molecule is Cc1ccc(Sc2ccc(Cl)c(Cl)c2)c(C2=CCNCC2)c1. The summed E-state index contributed by atoms with van der Waals surface area (Å²) in [5.74, 6) is 0. The average Bonchev–Trinajstić information content (AvgIpc) is 2.53. The van der Waals surface area contributed by atoms with Gasteiger partial charge in [-0.25, -0.2) is 0 Å². The normalized spacial score (nSPS) is 14.8. The van der Waals surface area contributed by atoms with Crippen LogP contribution in [0, 0.1) is 6.92 Å². The van der Waals surface area contributed by atoms with Crippen molar-refractivity contribution in [2.24, 2.45) is 0 Å². The quantitative estimate of drug-likeness (QED) is 0.747. The van der Waals surface area contributed by atoms with Gasteiger partial charge in [-0.05, 0) is 55.3 Å². The zero-order valence-corrected chi connectivity index (χ0v) is 14.7. The second kappa shape index (κ2) is 7.10. The average molecular weight is 350 g/mol. The number of hydrogen-bond donors (Lipinski definition) is 1. The predicted molar refractivity (Wildman–Crippen MR) is 97.2 cm³/mol. The second-order valence-electron chi connectivity index (χ2n) is 5.36. The van der Waals surface area contributed by atoms with Crippen LogP contribution in [-0.4, -0.2) is 13.1 Å². The maximum atomic E-state index is 6.13. The fourth-order valence-electron chi connectivity index (χ4n) is 2.52. The fourth-order valence-corrected chi connectivity index (χ4v) is 3.88. The Morgan fingerprint density at radius 3 is 2.64 bits per heavy atom. The molecule has 0 saturated carbocycles. The molecule has 0 radical (unpaired) electrons. The first kappa shape index (κ1) is 15.9. The molecule has 4 heteroatoms. The van der Waals surface area contributed by atoms with Crippen molar-refractivity contribution in [1.82, 2.24) is 5.32 Å². The number of aryl methyl sites for hydroxylation is 1. The van der Waals surface area contributed by atoms with Crippen molar-refractivity contribution in [1.29, 1.82) is 0 Å². The van der Waals surface area contributed by atoms with Crippen LogP contribution < -0.4 is 5.32 Å². The predicted octanol–water partition coefficient (Wildman–Crippen LogP) is 5.83. The highest BCUT2D eigenvalue weighted by molar-refractivity contribution is 7.99. The van der Waals surface area contributed by atoms with Gasteiger partial charge < -0.3 is 5.32 Å². The van der Waals surface area contributed by atoms with Crippen molar-refractivity contribution >= 4 is 40.5 Å². The van der Waals surface area contributed by atoms with Crippen LogP contribution in [0.4, 0.5) is 0 Å². The topological polar surface area (TPSA) is 12.0 Å². The van der Waals surface area contributed by atoms with Gasteiger partial charge in [0.15, 0.2) is 0 Å². The maximum absolute atomic E-state index is 6.13. The van der Waals surface area contributed by atoms with E-state index in [0.717, 1.165) is 24.4 Å². The Morgan fingerprint density at radius 2 is 1.91 bits per heavy atom. The van der Waals surface area contributed by atoms with Crippen LogP contribution in [0.5, 0.6) is 0 Å². The van der Waals surface area contributed by atoms with E-state index in [4.69, 9.17) is 23.2 Å². The van der Waals surface area contributed by atoms with Gasteiger partial charge in [-0.3, -0.25) is 0 Å². The smallest absolute Gasteiger partial charge is 0.0603 e. The molecule has 1 aliphatic heterocycles. The summed E-state index contributed by atoms with van der Waals surface area (Å²) in [5, 5.41) is 4.56. The van der Waals surface area contributed by atoms with Gasteiger partial charge in [-0.1, -0.05) is 58.7 Å². The lowest BCUT2D eigenvalue weighted by Gasteiger charge is -2.18. The number of benzene rings is 2. The first-order valence-electron chi connectivity index (χ1n) is 7.27. The number of nitrogens with one attached hydrogen (secondary N) is 1. The molecule has 1 N–H and O–H groups in total. The molecule has 3 rings (SSSR count). The Hall–Kier alpha value is -0.930. The first-order chi connectivity index (χ1) is 10.6. The summed E-state index contributed by atoms with van der Waals surface area (Å²) >= 11 is 13.9.